The molecule has 0 atom stereocenters. The number of para-hydroxylation sites is 2. The lowest BCUT2D eigenvalue weighted by Gasteiger charge is -2.17. The van der Waals surface area contributed by atoms with Gasteiger partial charge < -0.3 is 9.47 Å². The molecule has 0 spiro atoms. The summed E-state index contributed by atoms with van der Waals surface area (Å²) in [6.45, 7) is 1.45. The Labute approximate surface area is 188 Å². The van der Waals surface area contributed by atoms with Crippen molar-refractivity contribution < 1.29 is 19.1 Å². The highest BCUT2D eigenvalue weighted by Crippen LogP contribution is 2.29. The van der Waals surface area contributed by atoms with E-state index in [0.29, 0.717) is 27.9 Å². The summed E-state index contributed by atoms with van der Waals surface area (Å²) >= 11 is 1.30. The standard InChI is InChI=1S/C24H19N3O4S/c1-17(28)27(19-8-3-2-4-9-19)24-26-18(16-32-24)15-30-23(29)21-11-5-6-12-22(21)31-20-10-7-13-25-14-20/h2-14,16H,15H2,1H3. The Bertz CT molecular complexity index is 1210. The van der Waals surface area contributed by atoms with Gasteiger partial charge in [0.2, 0.25) is 5.91 Å². The summed E-state index contributed by atoms with van der Waals surface area (Å²) in [6.07, 6.45) is 3.20. The van der Waals surface area contributed by atoms with Crippen LogP contribution in [-0.2, 0) is 16.1 Å². The van der Waals surface area contributed by atoms with Crippen molar-refractivity contribution in [2.75, 3.05) is 4.90 Å². The Hall–Kier alpha value is -4.04. The highest BCUT2D eigenvalue weighted by Gasteiger charge is 2.19. The lowest BCUT2D eigenvalue weighted by atomic mass is 10.2. The van der Waals surface area contributed by atoms with Crippen LogP contribution in [0.2, 0.25) is 0 Å². The fraction of sp³-hybridized carbons (Fsp3) is 0.0833. The molecule has 0 saturated heterocycles. The normalized spacial score (nSPS) is 10.4. The molecule has 0 unspecified atom stereocenters. The van der Waals surface area contributed by atoms with Gasteiger partial charge in [0, 0.05) is 18.5 Å². The molecule has 1 amide bonds. The second-order valence-corrected chi connectivity index (χ2v) is 7.51. The summed E-state index contributed by atoms with van der Waals surface area (Å²) in [7, 11) is 0. The number of ether oxygens (including phenoxy) is 2. The van der Waals surface area contributed by atoms with Crippen LogP contribution in [0, 0.1) is 0 Å². The largest absolute Gasteiger partial charge is 0.455 e. The van der Waals surface area contributed by atoms with Gasteiger partial charge >= 0.3 is 5.97 Å². The molecule has 0 aliphatic rings. The molecule has 0 saturated carbocycles. The van der Waals surface area contributed by atoms with Gasteiger partial charge in [-0.1, -0.05) is 30.3 Å². The number of aromatic nitrogens is 2. The van der Waals surface area contributed by atoms with Gasteiger partial charge in [0.1, 0.15) is 23.7 Å². The molecule has 8 heteroatoms. The van der Waals surface area contributed by atoms with E-state index < -0.39 is 5.97 Å². The number of carbonyl (C=O) groups is 2. The second-order valence-electron chi connectivity index (χ2n) is 6.67. The van der Waals surface area contributed by atoms with E-state index in [1.807, 2.05) is 30.3 Å². The number of hydrogen-bond donors (Lipinski definition) is 0. The molecule has 0 aliphatic carbocycles. The summed E-state index contributed by atoms with van der Waals surface area (Å²) in [5.41, 5.74) is 1.56. The summed E-state index contributed by atoms with van der Waals surface area (Å²) in [4.78, 5) is 34.9. The first kappa shape index (κ1) is 21.2. The Kier molecular flexibility index (Phi) is 6.52. The van der Waals surface area contributed by atoms with E-state index in [0.717, 1.165) is 5.69 Å². The lowest BCUT2D eigenvalue weighted by Crippen LogP contribution is -2.22. The van der Waals surface area contributed by atoms with Crippen molar-refractivity contribution in [3.63, 3.8) is 0 Å². The van der Waals surface area contributed by atoms with Gasteiger partial charge in [0.25, 0.3) is 0 Å². The van der Waals surface area contributed by atoms with Crippen molar-refractivity contribution in [2.24, 2.45) is 0 Å². The predicted molar refractivity (Wildman–Crippen MR) is 121 cm³/mol. The quantitative estimate of drug-likeness (QED) is 0.356. The first-order valence-corrected chi connectivity index (χ1v) is 10.6. The molecule has 160 valence electrons. The SMILES string of the molecule is CC(=O)N(c1ccccc1)c1nc(COC(=O)c2ccccc2Oc2cccnc2)cs1. The summed E-state index contributed by atoms with van der Waals surface area (Å²) < 4.78 is 11.2. The molecule has 0 fully saturated rings. The van der Waals surface area contributed by atoms with Crippen LogP contribution in [0.1, 0.15) is 23.0 Å². The van der Waals surface area contributed by atoms with Crippen molar-refractivity contribution in [1.82, 2.24) is 9.97 Å². The minimum Gasteiger partial charge on any atom is -0.455 e. The molecule has 2 aromatic heterocycles. The summed E-state index contributed by atoms with van der Waals surface area (Å²) in [5.74, 6) is 0.194. The molecule has 32 heavy (non-hydrogen) atoms. The van der Waals surface area contributed by atoms with E-state index in [2.05, 4.69) is 9.97 Å². The van der Waals surface area contributed by atoms with Crippen LogP contribution in [0.15, 0.2) is 84.5 Å². The Morgan fingerprint density at radius 2 is 1.78 bits per heavy atom. The lowest BCUT2D eigenvalue weighted by molar-refractivity contribution is -0.115. The van der Waals surface area contributed by atoms with Crippen LogP contribution >= 0.6 is 11.3 Å². The number of thiazole rings is 1. The predicted octanol–water partition coefficient (Wildman–Crippen LogP) is 5.37. The monoisotopic (exact) mass is 445 g/mol. The number of hydrogen-bond acceptors (Lipinski definition) is 7. The molecule has 2 heterocycles. The maximum Gasteiger partial charge on any atom is 0.342 e. The molecular formula is C24H19N3O4S. The van der Waals surface area contributed by atoms with Crippen LogP contribution in [0.4, 0.5) is 10.8 Å². The fourth-order valence-electron chi connectivity index (χ4n) is 2.95. The number of amides is 1. The van der Waals surface area contributed by atoms with Gasteiger partial charge in [-0.15, -0.1) is 11.3 Å². The van der Waals surface area contributed by atoms with E-state index in [9.17, 15) is 9.59 Å². The van der Waals surface area contributed by atoms with E-state index in [4.69, 9.17) is 9.47 Å². The second kappa shape index (κ2) is 9.84. The maximum absolute atomic E-state index is 12.7. The molecule has 4 aromatic rings. The summed E-state index contributed by atoms with van der Waals surface area (Å²) in [6, 6.07) is 19.6. The molecule has 0 radical (unpaired) electrons. The minimum absolute atomic E-state index is 0.0307. The first-order valence-electron chi connectivity index (χ1n) is 9.76. The van der Waals surface area contributed by atoms with E-state index in [1.165, 1.54) is 23.2 Å². The Morgan fingerprint density at radius 1 is 1.00 bits per heavy atom. The third kappa shape index (κ3) is 4.98. The van der Waals surface area contributed by atoms with Crippen molar-refractivity contribution in [3.05, 3.63) is 95.8 Å². The number of nitrogens with zero attached hydrogens (tertiary/aromatic N) is 3. The Balaban J connectivity index is 1.46. The van der Waals surface area contributed by atoms with Crippen LogP contribution < -0.4 is 9.64 Å². The van der Waals surface area contributed by atoms with Gasteiger partial charge in [0.15, 0.2) is 5.13 Å². The number of carbonyl (C=O) groups excluding carboxylic acids is 2. The van der Waals surface area contributed by atoms with Gasteiger partial charge in [-0.3, -0.25) is 14.7 Å². The zero-order chi connectivity index (χ0) is 22.3. The van der Waals surface area contributed by atoms with Crippen molar-refractivity contribution in [3.8, 4) is 11.5 Å². The van der Waals surface area contributed by atoms with Crippen LogP contribution in [0.25, 0.3) is 0 Å². The zero-order valence-corrected chi connectivity index (χ0v) is 18.0. The van der Waals surface area contributed by atoms with Crippen molar-refractivity contribution >= 4 is 34.0 Å². The van der Waals surface area contributed by atoms with E-state index in [-0.39, 0.29) is 12.5 Å². The van der Waals surface area contributed by atoms with Gasteiger partial charge in [-0.05, 0) is 36.4 Å². The molecule has 0 aliphatic heterocycles. The van der Waals surface area contributed by atoms with Crippen LogP contribution in [-0.4, -0.2) is 21.8 Å². The first-order chi connectivity index (χ1) is 15.6. The van der Waals surface area contributed by atoms with Gasteiger partial charge in [0.05, 0.1) is 17.6 Å². The molecule has 2 aromatic carbocycles. The van der Waals surface area contributed by atoms with Gasteiger partial charge in [-0.2, -0.15) is 0 Å². The van der Waals surface area contributed by atoms with Crippen molar-refractivity contribution in [1.29, 1.82) is 0 Å². The zero-order valence-electron chi connectivity index (χ0n) is 17.2. The average Bonchev–Trinajstić information content (AvgIpc) is 3.27. The van der Waals surface area contributed by atoms with Crippen LogP contribution in [0.5, 0.6) is 11.5 Å². The molecule has 0 N–H and O–H groups in total. The van der Waals surface area contributed by atoms with E-state index in [1.54, 1.807) is 54.2 Å². The fourth-order valence-corrected chi connectivity index (χ4v) is 3.82. The smallest absolute Gasteiger partial charge is 0.342 e. The average molecular weight is 446 g/mol. The third-order valence-electron chi connectivity index (χ3n) is 4.38. The third-order valence-corrected chi connectivity index (χ3v) is 5.26. The summed E-state index contributed by atoms with van der Waals surface area (Å²) in [5, 5.41) is 2.27. The number of esters is 1. The molecule has 7 nitrogen and oxygen atoms in total. The number of benzene rings is 2. The van der Waals surface area contributed by atoms with Crippen LogP contribution in [0.3, 0.4) is 0 Å². The van der Waals surface area contributed by atoms with Crippen molar-refractivity contribution in [2.45, 2.75) is 13.5 Å². The minimum atomic E-state index is -0.537. The molecular weight excluding hydrogens is 426 g/mol. The topological polar surface area (TPSA) is 81.6 Å². The number of rotatable bonds is 7. The number of pyridine rings is 1. The Morgan fingerprint density at radius 3 is 2.53 bits per heavy atom. The highest BCUT2D eigenvalue weighted by molar-refractivity contribution is 7.14. The maximum atomic E-state index is 12.7. The molecule has 0 bridgehead atoms. The van der Waals surface area contributed by atoms with Gasteiger partial charge in [-0.25, -0.2) is 9.78 Å². The number of anilines is 2. The highest BCUT2D eigenvalue weighted by atomic mass is 32.1. The van der Waals surface area contributed by atoms with E-state index >= 15 is 0 Å². The molecule has 4 rings (SSSR count).